The molecule has 0 bridgehead atoms. The van der Waals surface area contributed by atoms with Crippen molar-refractivity contribution in [1.29, 1.82) is 0 Å². The van der Waals surface area contributed by atoms with Crippen molar-refractivity contribution < 1.29 is 4.79 Å². The molecule has 0 atom stereocenters. The number of anilines is 2. The summed E-state index contributed by atoms with van der Waals surface area (Å²) < 4.78 is 0. The number of aromatic nitrogens is 2. The van der Waals surface area contributed by atoms with Crippen LogP contribution in [0.5, 0.6) is 0 Å². The van der Waals surface area contributed by atoms with Gasteiger partial charge in [-0.3, -0.25) is 0 Å². The topological polar surface area (TPSA) is 61.4 Å². The summed E-state index contributed by atoms with van der Waals surface area (Å²) >= 11 is 0. The summed E-state index contributed by atoms with van der Waals surface area (Å²) in [5, 5.41) is 3.10. The molecule has 1 saturated heterocycles. The molecule has 0 aliphatic carbocycles. The predicted molar refractivity (Wildman–Crippen MR) is 116 cm³/mol. The van der Waals surface area contributed by atoms with E-state index < -0.39 is 0 Å². The van der Waals surface area contributed by atoms with Crippen molar-refractivity contribution in [3.8, 4) is 11.1 Å². The molecule has 0 radical (unpaired) electrons. The lowest BCUT2D eigenvalue weighted by Crippen LogP contribution is -2.50. The van der Waals surface area contributed by atoms with Gasteiger partial charge in [-0.2, -0.15) is 0 Å². The zero-order chi connectivity index (χ0) is 20.2. The average Bonchev–Trinajstić information content (AvgIpc) is 2.77. The van der Waals surface area contributed by atoms with Crippen LogP contribution in [0.25, 0.3) is 11.1 Å². The third-order valence-electron chi connectivity index (χ3n) is 5.43. The van der Waals surface area contributed by atoms with Crippen LogP contribution in [-0.2, 0) is 0 Å². The number of amides is 2. The first kappa shape index (κ1) is 18.9. The van der Waals surface area contributed by atoms with Crippen LogP contribution in [0.15, 0.2) is 60.9 Å². The van der Waals surface area contributed by atoms with Crippen LogP contribution in [0.4, 0.5) is 16.3 Å². The van der Waals surface area contributed by atoms with Gasteiger partial charge in [-0.05, 0) is 25.5 Å². The number of carbonyl (C=O) groups excluding carboxylic acids is 1. The average molecular weight is 387 g/mol. The van der Waals surface area contributed by atoms with Crippen molar-refractivity contribution >= 4 is 17.5 Å². The maximum absolute atomic E-state index is 12.9. The number of carbonyl (C=O) groups is 1. The Kier molecular flexibility index (Phi) is 5.42. The highest BCUT2D eigenvalue weighted by Crippen LogP contribution is 2.28. The van der Waals surface area contributed by atoms with Crippen molar-refractivity contribution in [2.45, 2.75) is 13.8 Å². The predicted octanol–water partition coefficient (Wildman–Crippen LogP) is 4.11. The summed E-state index contributed by atoms with van der Waals surface area (Å²) in [6.07, 6.45) is 1.61. The number of urea groups is 1. The lowest BCUT2D eigenvalue weighted by Gasteiger charge is -2.36. The van der Waals surface area contributed by atoms with E-state index in [0.29, 0.717) is 13.1 Å². The van der Waals surface area contributed by atoms with E-state index in [9.17, 15) is 4.79 Å². The van der Waals surface area contributed by atoms with Crippen LogP contribution in [0.1, 0.15) is 11.3 Å². The van der Waals surface area contributed by atoms with Gasteiger partial charge in [0.05, 0.1) is 5.69 Å². The van der Waals surface area contributed by atoms with Crippen molar-refractivity contribution in [2.24, 2.45) is 0 Å². The van der Waals surface area contributed by atoms with Gasteiger partial charge in [-0.25, -0.2) is 14.8 Å². The molecule has 1 aromatic heterocycles. The second-order valence-electron chi connectivity index (χ2n) is 7.22. The lowest BCUT2D eigenvalue weighted by atomic mass is 10.0. The standard InChI is InChI=1S/C23H25N5O/c1-17-18(2)24-16-25-22(17)27-12-14-28(15-13-27)23(29)26-21-11-7-6-10-20(21)19-8-4-3-5-9-19/h3-11,16H,12-15H2,1-2H3,(H,26,29). The van der Waals surface area contributed by atoms with Crippen molar-refractivity contribution in [1.82, 2.24) is 14.9 Å². The smallest absolute Gasteiger partial charge is 0.321 e. The summed E-state index contributed by atoms with van der Waals surface area (Å²) in [6.45, 7) is 6.86. The van der Waals surface area contributed by atoms with E-state index >= 15 is 0 Å². The van der Waals surface area contributed by atoms with Crippen LogP contribution in [0.2, 0.25) is 0 Å². The number of rotatable bonds is 3. The zero-order valence-corrected chi connectivity index (χ0v) is 16.8. The molecular formula is C23H25N5O. The molecule has 6 nitrogen and oxygen atoms in total. The third kappa shape index (κ3) is 4.06. The number of aryl methyl sites for hydroxylation is 1. The Morgan fingerprint density at radius 2 is 1.59 bits per heavy atom. The van der Waals surface area contributed by atoms with Gasteiger partial charge < -0.3 is 15.1 Å². The fourth-order valence-electron chi connectivity index (χ4n) is 3.62. The number of piperazine rings is 1. The first-order valence-electron chi connectivity index (χ1n) is 9.87. The number of hydrogen-bond donors (Lipinski definition) is 1. The highest BCUT2D eigenvalue weighted by molar-refractivity contribution is 5.94. The summed E-state index contributed by atoms with van der Waals surface area (Å²) in [6, 6.07) is 17.9. The molecule has 1 aliphatic heterocycles. The molecule has 0 unspecified atom stereocenters. The van der Waals surface area contributed by atoms with Gasteiger partial charge in [0.25, 0.3) is 0 Å². The fourth-order valence-corrected chi connectivity index (χ4v) is 3.62. The Hall–Kier alpha value is -3.41. The minimum atomic E-state index is -0.0661. The van der Waals surface area contributed by atoms with E-state index in [2.05, 4.69) is 32.3 Å². The van der Waals surface area contributed by atoms with Crippen molar-refractivity contribution in [3.05, 3.63) is 72.2 Å². The Bertz CT molecular complexity index is 997. The van der Waals surface area contributed by atoms with Gasteiger partial charge in [0.2, 0.25) is 0 Å². The van der Waals surface area contributed by atoms with Crippen LogP contribution in [0, 0.1) is 13.8 Å². The molecule has 1 aliphatic rings. The Morgan fingerprint density at radius 3 is 2.34 bits per heavy atom. The largest absolute Gasteiger partial charge is 0.353 e. The number of hydrogen-bond acceptors (Lipinski definition) is 4. The summed E-state index contributed by atoms with van der Waals surface area (Å²) in [4.78, 5) is 25.7. The van der Waals surface area contributed by atoms with Crippen LogP contribution < -0.4 is 10.2 Å². The molecule has 148 valence electrons. The van der Waals surface area contributed by atoms with Gasteiger partial charge in [0, 0.05) is 43.0 Å². The highest BCUT2D eigenvalue weighted by atomic mass is 16.2. The number of nitrogens with zero attached hydrogens (tertiary/aromatic N) is 4. The number of para-hydroxylation sites is 1. The second kappa shape index (κ2) is 8.31. The Morgan fingerprint density at radius 1 is 0.897 bits per heavy atom. The molecule has 0 spiro atoms. The monoisotopic (exact) mass is 387 g/mol. The van der Waals surface area contributed by atoms with Gasteiger partial charge in [-0.1, -0.05) is 48.5 Å². The van der Waals surface area contributed by atoms with Crippen LogP contribution in [0.3, 0.4) is 0 Å². The summed E-state index contributed by atoms with van der Waals surface area (Å²) in [7, 11) is 0. The SMILES string of the molecule is Cc1ncnc(N2CCN(C(=O)Nc3ccccc3-c3ccccc3)CC2)c1C. The molecule has 2 amide bonds. The molecule has 3 aromatic rings. The highest BCUT2D eigenvalue weighted by Gasteiger charge is 2.23. The van der Waals surface area contributed by atoms with Gasteiger partial charge in [0.15, 0.2) is 0 Å². The molecule has 2 heterocycles. The van der Waals surface area contributed by atoms with Crippen LogP contribution >= 0.6 is 0 Å². The molecule has 4 rings (SSSR count). The minimum absolute atomic E-state index is 0.0661. The van der Waals surface area contributed by atoms with E-state index in [4.69, 9.17) is 0 Å². The Balaban J connectivity index is 1.43. The zero-order valence-electron chi connectivity index (χ0n) is 16.8. The Labute approximate surface area is 171 Å². The number of benzene rings is 2. The van der Waals surface area contributed by atoms with Gasteiger partial charge in [0.1, 0.15) is 12.1 Å². The molecule has 1 fully saturated rings. The molecular weight excluding hydrogens is 362 g/mol. The summed E-state index contributed by atoms with van der Waals surface area (Å²) in [5.41, 5.74) is 5.03. The lowest BCUT2D eigenvalue weighted by molar-refractivity contribution is 0.208. The molecule has 1 N–H and O–H groups in total. The van der Waals surface area contributed by atoms with E-state index in [-0.39, 0.29) is 6.03 Å². The minimum Gasteiger partial charge on any atom is -0.353 e. The normalized spacial score (nSPS) is 14.0. The van der Waals surface area contributed by atoms with E-state index in [1.165, 1.54) is 0 Å². The van der Waals surface area contributed by atoms with E-state index in [1.54, 1.807) is 6.33 Å². The molecule has 0 saturated carbocycles. The second-order valence-corrected chi connectivity index (χ2v) is 7.22. The summed E-state index contributed by atoms with van der Waals surface area (Å²) in [5.74, 6) is 0.965. The molecule has 2 aromatic carbocycles. The van der Waals surface area contributed by atoms with E-state index in [0.717, 1.165) is 47.0 Å². The maximum Gasteiger partial charge on any atom is 0.321 e. The van der Waals surface area contributed by atoms with Gasteiger partial charge >= 0.3 is 6.03 Å². The first-order chi connectivity index (χ1) is 14.1. The molecule has 6 heteroatoms. The first-order valence-corrected chi connectivity index (χ1v) is 9.87. The van der Waals surface area contributed by atoms with E-state index in [1.807, 2.05) is 61.2 Å². The number of nitrogens with one attached hydrogen (secondary N) is 1. The van der Waals surface area contributed by atoms with Crippen molar-refractivity contribution in [2.75, 3.05) is 36.4 Å². The third-order valence-corrected chi connectivity index (χ3v) is 5.43. The van der Waals surface area contributed by atoms with Crippen LogP contribution in [-0.4, -0.2) is 47.1 Å². The quantitative estimate of drug-likeness (QED) is 0.735. The van der Waals surface area contributed by atoms with Crippen molar-refractivity contribution in [3.63, 3.8) is 0 Å². The maximum atomic E-state index is 12.9. The fraction of sp³-hybridized carbons (Fsp3) is 0.261. The van der Waals surface area contributed by atoms with Gasteiger partial charge in [-0.15, -0.1) is 0 Å². The molecule has 29 heavy (non-hydrogen) atoms.